The minimum atomic E-state index is -0.293. The monoisotopic (exact) mass is 349 g/mol. The van der Waals surface area contributed by atoms with Crippen molar-refractivity contribution in [3.8, 4) is 0 Å². The molecular weight excluding hydrogens is 337 g/mol. The predicted octanol–water partition coefficient (Wildman–Crippen LogP) is 3.37. The molecule has 6 nitrogen and oxygen atoms in total. The number of rotatable bonds is 5. The van der Waals surface area contributed by atoms with Crippen molar-refractivity contribution in [2.45, 2.75) is 13.3 Å². The fourth-order valence-electron chi connectivity index (χ4n) is 1.78. The molecule has 1 aromatic carbocycles. The van der Waals surface area contributed by atoms with Crippen molar-refractivity contribution in [3.63, 3.8) is 0 Å². The number of aryl methyl sites for hydroxylation is 1. The molecule has 2 heterocycles. The summed E-state index contributed by atoms with van der Waals surface area (Å²) in [7, 11) is 0. The molecule has 1 amide bonds. The fraction of sp³-hybridized carbons (Fsp3) is 0.143. The average Bonchev–Trinajstić information content (AvgIpc) is 3.11. The lowest BCUT2D eigenvalue weighted by atomic mass is 10.3. The van der Waals surface area contributed by atoms with Crippen LogP contribution in [0.4, 0.5) is 20.3 Å². The molecule has 0 aliphatic heterocycles. The highest BCUT2D eigenvalue weighted by atomic mass is 32.1. The van der Waals surface area contributed by atoms with Gasteiger partial charge in [0.1, 0.15) is 10.8 Å². The molecule has 0 unspecified atom stereocenters. The van der Waals surface area contributed by atoms with E-state index in [-0.39, 0.29) is 18.1 Å². The van der Waals surface area contributed by atoms with E-state index in [9.17, 15) is 9.18 Å². The minimum Gasteiger partial charge on any atom is -0.332 e. The summed E-state index contributed by atoms with van der Waals surface area (Å²) < 4.78 is 12.9. The van der Waals surface area contributed by atoms with Gasteiger partial charge in [0.15, 0.2) is 5.13 Å². The van der Waals surface area contributed by atoms with Gasteiger partial charge in [0.25, 0.3) is 0 Å². The second-order valence-electron chi connectivity index (χ2n) is 4.63. The standard InChI is InChI=1S/C14H12FN5OS2/c1-8-19-20-14(23-8)18-12(21)6-11-7-22-13(17-11)16-10-4-2-9(15)3-5-10/h2-5,7H,6H2,1H3,(H,16,17)(H,18,20,21). The van der Waals surface area contributed by atoms with Crippen LogP contribution in [0.25, 0.3) is 0 Å². The first kappa shape index (κ1) is 15.5. The van der Waals surface area contributed by atoms with Crippen LogP contribution < -0.4 is 10.6 Å². The van der Waals surface area contributed by atoms with Crippen molar-refractivity contribution in [3.05, 3.63) is 46.2 Å². The van der Waals surface area contributed by atoms with Gasteiger partial charge in [0.2, 0.25) is 11.0 Å². The highest BCUT2D eigenvalue weighted by Crippen LogP contribution is 2.22. The summed E-state index contributed by atoms with van der Waals surface area (Å²) in [6.45, 7) is 1.82. The lowest BCUT2D eigenvalue weighted by Crippen LogP contribution is -2.14. The summed E-state index contributed by atoms with van der Waals surface area (Å²) in [5.41, 5.74) is 1.39. The maximum absolute atomic E-state index is 12.9. The molecule has 118 valence electrons. The Morgan fingerprint density at radius 3 is 2.70 bits per heavy atom. The third-order valence-corrected chi connectivity index (χ3v) is 4.32. The van der Waals surface area contributed by atoms with Crippen molar-refractivity contribution in [2.75, 3.05) is 10.6 Å². The van der Waals surface area contributed by atoms with Gasteiger partial charge >= 0.3 is 0 Å². The van der Waals surface area contributed by atoms with E-state index < -0.39 is 0 Å². The Labute approximate surface area is 139 Å². The van der Waals surface area contributed by atoms with Crippen LogP contribution in [0.3, 0.4) is 0 Å². The van der Waals surface area contributed by atoms with Crippen LogP contribution in [0.5, 0.6) is 0 Å². The predicted molar refractivity (Wildman–Crippen MR) is 88.8 cm³/mol. The molecule has 0 fully saturated rings. The van der Waals surface area contributed by atoms with Gasteiger partial charge in [0, 0.05) is 11.1 Å². The quantitative estimate of drug-likeness (QED) is 0.738. The smallest absolute Gasteiger partial charge is 0.232 e. The summed E-state index contributed by atoms with van der Waals surface area (Å²) in [6, 6.07) is 5.99. The number of aromatic nitrogens is 3. The molecule has 3 aromatic rings. The van der Waals surface area contributed by atoms with E-state index in [0.717, 1.165) is 10.7 Å². The number of hydrogen-bond donors (Lipinski definition) is 2. The molecule has 0 radical (unpaired) electrons. The first-order valence-corrected chi connectivity index (χ1v) is 8.35. The average molecular weight is 349 g/mol. The number of amides is 1. The van der Waals surface area contributed by atoms with E-state index >= 15 is 0 Å². The summed E-state index contributed by atoms with van der Waals surface area (Å²) in [5.74, 6) is -0.487. The topological polar surface area (TPSA) is 79.8 Å². The van der Waals surface area contributed by atoms with Crippen molar-refractivity contribution < 1.29 is 9.18 Å². The Kier molecular flexibility index (Phi) is 4.58. The number of anilines is 3. The zero-order valence-corrected chi connectivity index (χ0v) is 13.7. The number of carbonyl (C=O) groups is 1. The second-order valence-corrected chi connectivity index (χ2v) is 6.67. The molecule has 2 N–H and O–H groups in total. The number of thiazole rings is 1. The van der Waals surface area contributed by atoms with Crippen molar-refractivity contribution in [1.82, 2.24) is 15.2 Å². The zero-order chi connectivity index (χ0) is 16.2. The maximum atomic E-state index is 12.9. The van der Waals surface area contributed by atoms with Crippen LogP contribution in [0.15, 0.2) is 29.6 Å². The Balaban J connectivity index is 1.58. The summed E-state index contributed by atoms with van der Waals surface area (Å²) >= 11 is 2.70. The van der Waals surface area contributed by atoms with Crippen molar-refractivity contribution in [1.29, 1.82) is 0 Å². The van der Waals surface area contributed by atoms with E-state index in [1.165, 1.54) is 34.8 Å². The van der Waals surface area contributed by atoms with Gasteiger partial charge < -0.3 is 10.6 Å². The van der Waals surface area contributed by atoms with Gasteiger partial charge in [-0.3, -0.25) is 4.79 Å². The third kappa shape index (κ3) is 4.30. The van der Waals surface area contributed by atoms with Crippen LogP contribution in [-0.4, -0.2) is 21.1 Å². The molecule has 0 aliphatic carbocycles. The Morgan fingerprint density at radius 1 is 1.22 bits per heavy atom. The normalized spacial score (nSPS) is 10.5. The van der Waals surface area contributed by atoms with Crippen LogP contribution in [0.1, 0.15) is 10.7 Å². The van der Waals surface area contributed by atoms with Gasteiger partial charge in [-0.25, -0.2) is 9.37 Å². The number of carbonyl (C=O) groups excluding carboxylic acids is 1. The molecule has 9 heteroatoms. The molecule has 0 aliphatic rings. The number of halogens is 1. The Bertz CT molecular complexity index is 815. The SMILES string of the molecule is Cc1nnc(NC(=O)Cc2csc(Nc3ccc(F)cc3)n2)s1. The molecule has 0 saturated carbocycles. The van der Waals surface area contributed by atoms with Crippen LogP contribution >= 0.6 is 22.7 Å². The van der Waals surface area contributed by atoms with E-state index in [4.69, 9.17) is 0 Å². The fourth-order valence-corrected chi connectivity index (χ4v) is 3.12. The van der Waals surface area contributed by atoms with Gasteiger partial charge in [-0.05, 0) is 31.2 Å². The van der Waals surface area contributed by atoms with Gasteiger partial charge in [-0.2, -0.15) is 0 Å². The molecular formula is C14H12FN5OS2. The molecule has 0 atom stereocenters. The highest BCUT2D eigenvalue weighted by molar-refractivity contribution is 7.15. The number of nitrogens with zero attached hydrogens (tertiary/aromatic N) is 3. The lowest BCUT2D eigenvalue weighted by Gasteiger charge is -2.01. The molecule has 0 saturated heterocycles. The molecule has 0 bridgehead atoms. The van der Waals surface area contributed by atoms with Crippen LogP contribution in [0, 0.1) is 12.7 Å². The Morgan fingerprint density at radius 2 is 2.00 bits per heavy atom. The van der Waals surface area contributed by atoms with Crippen molar-refractivity contribution >= 4 is 44.5 Å². The van der Waals surface area contributed by atoms with E-state index in [2.05, 4.69) is 25.8 Å². The van der Waals surface area contributed by atoms with E-state index in [1.54, 1.807) is 17.5 Å². The summed E-state index contributed by atoms with van der Waals surface area (Å²) in [4.78, 5) is 16.3. The third-order valence-electron chi connectivity index (χ3n) is 2.76. The summed E-state index contributed by atoms with van der Waals surface area (Å²) in [5, 5.41) is 17.1. The first-order valence-electron chi connectivity index (χ1n) is 6.65. The minimum absolute atomic E-state index is 0.153. The van der Waals surface area contributed by atoms with Crippen molar-refractivity contribution in [2.24, 2.45) is 0 Å². The molecule has 0 spiro atoms. The van der Waals surface area contributed by atoms with Gasteiger partial charge in [0.05, 0.1) is 12.1 Å². The zero-order valence-electron chi connectivity index (χ0n) is 12.0. The van der Waals surface area contributed by atoms with E-state index in [0.29, 0.717) is 16.0 Å². The number of hydrogen-bond acceptors (Lipinski definition) is 7. The van der Waals surface area contributed by atoms with Crippen LogP contribution in [-0.2, 0) is 11.2 Å². The molecule has 2 aromatic heterocycles. The maximum Gasteiger partial charge on any atom is 0.232 e. The van der Waals surface area contributed by atoms with E-state index in [1.807, 2.05) is 6.92 Å². The van der Waals surface area contributed by atoms with Crippen LogP contribution in [0.2, 0.25) is 0 Å². The van der Waals surface area contributed by atoms with Gasteiger partial charge in [-0.1, -0.05) is 11.3 Å². The largest absolute Gasteiger partial charge is 0.332 e. The summed E-state index contributed by atoms with van der Waals surface area (Å²) in [6.07, 6.45) is 0.153. The first-order chi connectivity index (χ1) is 11.1. The lowest BCUT2D eigenvalue weighted by molar-refractivity contribution is -0.115. The van der Waals surface area contributed by atoms with Gasteiger partial charge in [-0.15, -0.1) is 21.5 Å². The number of nitrogens with one attached hydrogen (secondary N) is 2. The second kappa shape index (κ2) is 6.80. The highest BCUT2D eigenvalue weighted by Gasteiger charge is 2.10. The molecule has 3 rings (SSSR count). The molecule has 23 heavy (non-hydrogen) atoms. The Hall–Kier alpha value is -2.39. The number of benzene rings is 1.